The molecule has 0 saturated carbocycles. The molecule has 1 fully saturated rings. The molecule has 1 amide bonds. The van der Waals surface area contributed by atoms with Gasteiger partial charge in [-0.3, -0.25) is 9.59 Å². The van der Waals surface area contributed by atoms with E-state index in [0.29, 0.717) is 29.2 Å². The number of ether oxygens (including phenoxy) is 2. The average Bonchev–Trinajstić information content (AvgIpc) is 3.01. The first-order chi connectivity index (χ1) is 14.4. The predicted molar refractivity (Wildman–Crippen MR) is 115 cm³/mol. The van der Waals surface area contributed by atoms with Gasteiger partial charge in [-0.05, 0) is 43.2 Å². The summed E-state index contributed by atoms with van der Waals surface area (Å²) < 4.78 is 10.8. The van der Waals surface area contributed by atoms with Crippen LogP contribution in [-0.2, 0) is 9.59 Å². The molecule has 1 saturated heterocycles. The fourth-order valence-corrected chi connectivity index (χ4v) is 3.84. The number of aryl methyl sites for hydroxylation is 1. The number of para-hydroxylation sites is 1. The van der Waals surface area contributed by atoms with Gasteiger partial charge in [-0.2, -0.15) is 0 Å². The number of hydrogen-bond donors (Lipinski definition) is 1. The van der Waals surface area contributed by atoms with Crippen molar-refractivity contribution in [3.8, 4) is 11.5 Å². The van der Waals surface area contributed by atoms with Crippen molar-refractivity contribution in [2.24, 2.45) is 0 Å². The first-order valence-corrected chi connectivity index (χ1v) is 10.0. The molecule has 1 aliphatic heterocycles. The summed E-state index contributed by atoms with van der Waals surface area (Å²) in [6.45, 7) is 4.30. The van der Waals surface area contributed by atoms with E-state index in [1.54, 1.807) is 38.5 Å². The van der Waals surface area contributed by atoms with Crippen LogP contribution in [0.4, 0.5) is 0 Å². The van der Waals surface area contributed by atoms with Crippen LogP contribution in [0.1, 0.15) is 42.5 Å². The number of carbonyl (C=O) groups is 2. The number of ketones is 1. The molecule has 0 spiro atoms. The molecule has 0 aromatic heterocycles. The molecule has 0 bridgehead atoms. The lowest BCUT2D eigenvalue weighted by Gasteiger charge is -2.26. The number of hydrogen-bond acceptors (Lipinski definition) is 5. The number of likely N-dealkylation sites (tertiary alicyclic amines) is 1. The number of aliphatic hydroxyl groups excluding tert-OH is 1. The van der Waals surface area contributed by atoms with Crippen LogP contribution >= 0.6 is 0 Å². The van der Waals surface area contributed by atoms with Gasteiger partial charge in [0.1, 0.15) is 17.3 Å². The highest BCUT2D eigenvalue weighted by Crippen LogP contribution is 2.43. The van der Waals surface area contributed by atoms with Gasteiger partial charge in [-0.15, -0.1) is 0 Å². The van der Waals surface area contributed by atoms with Crippen molar-refractivity contribution >= 4 is 17.4 Å². The highest BCUT2D eigenvalue weighted by molar-refractivity contribution is 6.46. The van der Waals surface area contributed by atoms with E-state index in [0.717, 1.165) is 18.4 Å². The summed E-state index contributed by atoms with van der Waals surface area (Å²) in [5, 5.41) is 11.1. The van der Waals surface area contributed by atoms with Gasteiger partial charge in [0.25, 0.3) is 11.7 Å². The molecule has 158 valence electrons. The highest BCUT2D eigenvalue weighted by atomic mass is 16.5. The monoisotopic (exact) mass is 409 g/mol. The molecule has 2 aromatic carbocycles. The Morgan fingerprint density at radius 1 is 1.07 bits per heavy atom. The molecule has 6 nitrogen and oxygen atoms in total. The molecule has 30 heavy (non-hydrogen) atoms. The maximum atomic E-state index is 13.0. The van der Waals surface area contributed by atoms with E-state index in [-0.39, 0.29) is 11.3 Å². The smallest absolute Gasteiger partial charge is 0.295 e. The van der Waals surface area contributed by atoms with Crippen LogP contribution < -0.4 is 9.47 Å². The zero-order valence-corrected chi connectivity index (χ0v) is 17.8. The van der Waals surface area contributed by atoms with Gasteiger partial charge in [0, 0.05) is 17.7 Å². The van der Waals surface area contributed by atoms with Crippen molar-refractivity contribution in [1.82, 2.24) is 4.90 Å². The highest BCUT2D eigenvalue weighted by Gasteiger charge is 2.46. The van der Waals surface area contributed by atoms with Crippen LogP contribution in [0, 0.1) is 6.92 Å². The number of carbonyl (C=O) groups excluding carboxylic acids is 2. The largest absolute Gasteiger partial charge is 0.507 e. The summed E-state index contributed by atoms with van der Waals surface area (Å²) in [5.74, 6) is -0.257. The minimum absolute atomic E-state index is 0.0742. The fraction of sp³-hybridized carbons (Fsp3) is 0.333. The average molecular weight is 409 g/mol. The first-order valence-electron chi connectivity index (χ1n) is 10.0. The molecule has 1 unspecified atom stereocenters. The van der Waals surface area contributed by atoms with Crippen LogP contribution in [0.25, 0.3) is 5.76 Å². The van der Waals surface area contributed by atoms with Crippen LogP contribution in [0.15, 0.2) is 48.0 Å². The number of nitrogens with zero attached hydrogens (tertiary/aromatic N) is 1. The first kappa shape index (κ1) is 21.4. The van der Waals surface area contributed by atoms with Crippen molar-refractivity contribution < 1.29 is 24.2 Å². The molecule has 1 heterocycles. The summed E-state index contributed by atoms with van der Waals surface area (Å²) >= 11 is 0. The van der Waals surface area contributed by atoms with Crippen molar-refractivity contribution in [3.63, 3.8) is 0 Å². The SMILES string of the molecule is CCCCN1C(=O)C(=O)/C(=C(/O)c2ccc(OC)c(C)c2)C1c1ccccc1OC. The van der Waals surface area contributed by atoms with Crippen molar-refractivity contribution in [3.05, 3.63) is 64.7 Å². The predicted octanol–water partition coefficient (Wildman–Crippen LogP) is 4.23. The molecule has 0 aliphatic carbocycles. The van der Waals surface area contributed by atoms with Crippen LogP contribution in [0.2, 0.25) is 0 Å². The lowest BCUT2D eigenvalue weighted by molar-refractivity contribution is -0.139. The minimum Gasteiger partial charge on any atom is -0.507 e. The molecule has 3 rings (SSSR count). The summed E-state index contributed by atoms with van der Waals surface area (Å²) in [5.41, 5.74) is 2.02. The van der Waals surface area contributed by atoms with Crippen molar-refractivity contribution in [2.75, 3.05) is 20.8 Å². The molecule has 6 heteroatoms. The number of unbranched alkanes of at least 4 members (excludes halogenated alkanes) is 1. The van der Waals surface area contributed by atoms with Gasteiger partial charge >= 0.3 is 0 Å². The summed E-state index contributed by atoms with van der Waals surface area (Å²) in [4.78, 5) is 27.4. The van der Waals surface area contributed by atoms with Crippen LogP contribution in [-0.4, -0.2) is 42.5 Å². The maximum absolute atomic E-state index is 13.0. The van der Waals surface area contributed by atoms with Crippen LogP contribution in [0.3, 0.4) is 0 Å². The Kier molecular flexibility index (Phi) is 6.45. The van der Waals surface area contributed by atoms with E-state index in [1.165, 1.54) is 4.90 Å². The molecular weight excluding hydrogens is 382 g/mol. The number of aliphatic hydroxyl groups is 1. The van der Waals surface area contributed by atoms with Gasteiger partial charge in [0.15, 0.2) is 0 Å². The Hall–Kier alpha value is -3.28. The number of rotatable bonds is 7. The van der Waals surface area contributed by atoms with E-state index in [1.807, 2.05) is 32.0 Å². The second-order valence-electron chi connectivity index (χ2n) is 7.27. The number of benzene rings is 2. The second kappa shape index (κ2) is 9.03. The van der Waals surface area contributed by atoms with Crippen molar-refractivity contribution in [1.29, 1.82) is 0 Å². The zero-order chi connectivity index (χ0) is 21.8. The Morgan fingerprint density at radius 2 is 1.77 bits per heavy atom. The summed E-state index contributed by atoms with van der Waals surface area (Å²) in [7, 11) is 3.12. The van der Waals surface area contributed by atoms with Crippen LogP contribution in [0.5, 0.6) is 11.5 Å². The lowest BCUT2D eigenvalue weighted by atomic mass is 9.94. The molecular formula is C24H27NO5. The van der Waals surface area contributed by atoms with Gasteiger partial charge in [-0.25, -0.2) is 0 Å². The van der Waals surface area contributed by atoms with E-state index in [9.17, 15) is 14.7 Å². The Bertz CT molecular complexity index is 995. The lowest BCUT2D eigenvalue weighted by Crippen LogP contribution is -2.30. The van der Waals surface area contributed by atoms with Gasteiger partial charge in [0.05, 0.1) is 25.8 Å². The summed E-state index contributed by atoms with van der Waals surface area (Å²) in [6, 6.07) is 11.7. The standard InChI is InChI=1S/C24H27NO5/c1-5-6-13-25-21(17-9-7-8-10-19(17)30-4)20(23(27)24(25)28)22(26)16-11-12-18(29-3)15(2)14-16/h7-12,14,21,26H,5-6,13H2,1-4H3/b22-20+. The third-order valence-corrected chi connectivity index (χ3v) is 5.39. The Morgan fingerprint density at radius 3 is 2.40 bits per heavy atom. The Balaban J connectivity index is 2.21. The second-order valence-corrected chi connectivity index (χ2v) is 7.27. The number of methoxy groups -OCH3 is 2. The van der Waals surface area contributed by atoms with E-state index < -0.39 is 17.7 Å². The molecule has 1 aliphatic rings. The van der Waals surface area contributed by atoms with E-state index in [4.69, 9.17) is 9.47 Å². The van der Waals surface area contributed by atoms with Crippen molar-refractivity contribution in [2.45, 2.75) is 32.7 Å². The molecule has 2 aromatic rings. The van der Waals surface area contributed by atoms with E-state index >= 15 is 0 Å². The number of Topliss-reactive ketones (excluding diaryl/α,β-unsaturated/α-hetero) is 1. The minimum atomic E-state index is -0.713. The topological polar surface area (TPSA) is 76.1 Å². The summed E-state index contributed by atoms with van der Waals surface area (Å²) in [6.07, 6.45) is 1.62. The van der Waals surface area contributed by atoms with Gasteiger partial charge in [0.2, 0.25) is 0 Å². The van der Waals surface area contributed by atoms with Gasteiger partial charge in [-0.1, -0.05) is 31.5 Å². The Labute approximate surface area is 176 Å². The number of amides is 1. The molecule has 0 radical (unpaired) electrons. The fourth-order valence-electron chi connectivity index (χ4n) is 3.84. The normalized spacial score (nSPS) is 18.0. The maximum Gasteiger partial charge on any atom is 0.295 e. The third-order valence-electron chi connectivity index (χ3n) is 5.39. The quantitative estimate of drug-likeness (QED) is 0.421. The van der Waals surface area contributed by atoms with E-state index in [2.05, 4.69) is 0 Å². The molecule has 1 N–H and O–H groups in total. The zero-order valence-electron chi connectivity index (χ0n) is 17.8. The third kappa shape index (κ3) is 3.77. The van der Waals surface area contributed by atoms with Gasteiger partial charge < -0.3 is 19.5 Å². The molecule has 1 atom stereocenters.